The second-order valence-corrected chi connectivity index (χ2v) is 5.02. The molecule has 94 valence electrons. The Morgan fingerprint density at radius 1 is 0.944 bits per heavy atom. The van der Waals surface area contributed by atoms with Gasteiger partial charge in [0.05, 0.1) is 27.9 Å². The summed E-state index contributed by atoms with van der Waals surface area (Å²) in [5, 5.41) is 1.43. The largest absolute Gasteiger partial charge is 0.495 e. The summed E-state index contributed by atoms with van der Waals surface area (Å²) < 4.78 is 5.14. The van der Waals surface area contributed by atoms with Gasteiger partial charge in [-0.25, -0.2) is 4.98 Å². The molecule has 2 nitrogen and oxygen atoms in total. The van der Waals surface area contributed by atoms with Gasteiger partial charge in [-0.3, -0.25) is 0 Å². The summed E-state index contributed by atoms with van der Waals surface area (Å²) in [6, 6.07) is 6.77. The molecule has 0 N–H and O–H groups in total. The quantitative estimate of drug-likeness (QED) is 0.693. The lowest BCUT2D eigenvalue weighted by Gasteiger charge is -2.08. The molecule has 18 heavy (non-hydrogen) atoms. The highest BCUT2D eigenvalue weighted by molar-refractivity contribution is 6.43. The first-order chi connectivity index (χ1) is 8.52. The summed E-state index contributed by atoms with van der Waals surface area (Å²) in [6.07, 6.45) is 0. The third-order valence-corrected chi connectivity index (χ3v) is 3.58. The molecular weight excluding hydrogens is 316 g/mol. The van der Waals surface area contributed by atoms with E-state index >= 15 is 0 Å². The molecule has 0 spiro atoms. The second kappa shape index (κ2) is 5.54. The van der Waals surface area contributed by atoms with Crippen LogP contribution < -0.4 is 4.74 Å². The molecule has 0 amide bonds. The SMILES string of the molecule is COc1cc(-c2nc(Cl)c(Cl)cc2Cl)ccc1Cl. The standard InChI is InChI=1S/C12H7Cl4NO/c1-18-10-4-6(2-3-7(10)13)11-8(14)5-9(15)12(16)17-11/h2-5H,1H3. The molecule has 0 radical (unpaired) electrons. The molecule has 6 heteroatoms. The molecule has 0 saturated heterocycles. The van der Waals surface area contributed by atoms with E-state index in [1.165, 1.54) is 7.11 Å². The topological polar surface area (TPSA) is 22.1 Å². The van der Waals surface area contributed by atoms with E-state index in [1.807, 2.05) is 0 Å². The molecule has 0 aliphatic carbocycles. The number of rotatable bonds is 2. The van der Waals surface area contributed by atoms with Crippen LogP contribution in [0.1, 0.15) is 0 Å². The molecule has 0 fully saturated rings. The van der Waals surface area contributed by atoms with Crippen LogP contribution in [0.3, 0.4) is 0 Å². The van der Waals surface area contributed by atoms with E-state index in [1.54, 1.807) is 24.3 Å². The van der Waals surface area contributed by atoms with Gasteiger partial charge in [0.15, 0.2) is 0 Å². The maximum atomic E-state index is 6.09. The lowest BCUT2D eigenvalue weighted by Crippen LogP contribution is -1.90. The minimum atomic E-state index is 0.199. The van der Waals surface area contributed by atoms with Crippen molar-refractivity contribution in [3.05, 3.63) is 44.5 Å². The van der Waals surface area contributed by atoms with E-state index in [0.717, 1.165) is 5.56 Å². The van der Waals surface area contributed by atoms with Gasteiger partial charge in [0.25, 0.3) is 0 Å². The minimum Gasteiger partial charge on any atom is -0.495 e. The Morgan fingerprint density at radius 3 is 2.33 bits per heavy atom. The average molecular weight is 323 g/mol. The van der Waals surface area contributed by atoms with E-state index in [-0.39, 0.29) is 5.15 Å². The van der Waals surface area contributed by atoms with Crippen molar-refractivity contribution in [1.29, 1.82) is 0 Å². The van der Waals surface area contributed by atoms with Gasteiger partial charge in [0.2, 0.25) is 0 Å². The van der Waals surface area contributed by atoms with Crippen LogP contribution in [0.5, 0.6) is 5.75 Å². The molecule has 1 aromatic heterocycles. The summed E-state index contributed by atoms with van der Waals surface area (Å²) >= 11 is 23.8. The zero-order chi connectivity index (χ0) is 13.3. The molecule has 2 rings (SSSR count). The number of ether oxygens (including phenoxy) is 1. The van der Waals surface area contributed by atoms with Crippen molar-refractivity contribution >= 4 is 46.4 Å². The normalized spacial score (nSPS) is 10.5. The Morgan fingerprint density at radius 2 is 1.67 bits per heavy atom. The van der Waals surface area contributed by atoms with Crippen LogP contribution in [0.4, 0.5) is 0 Å². The number of aromatic nitrogens is 1. The van der Waals surface area contributed by atoms with E-state index < -0.39 is 0 Å². The molecule has 1 aromatic carbocycles. The summed E-state index contributed by atoms with van der Waals surface area (Å²) in [5.41, 5.74) is 1.28. The number of pyridine rings is 1. The first kappa shape index (κ1) is 13.8. The van der Waals surface area contributed by atoms with Crippen molar-refractivity contribution in [2.24, 2.45) is 0 Å². The lowest BCUT2D eigenvalue weighted by atomic mass is 10.1. The van der Waals surface area contributed by atoms with Crippen LogP contribution in [0.25, 0.3) is 11.3 Å². The Bertz CT molecular complexity index is 601. The molecule has 1 heterocycles. The van der Waals surface area contributed by atoms with Gasteiger partial charge < -0.3 is 4.74 Å². The van der Waals surface area contributed by atoms with Gasteiger partial charge >= 0.3 is 0 Å². The third kappa shape index (κ3) is 2.67. The van der Waals surface area contributed by atoms with E-state index in [2.05, 4.69) is 4.98 Å². The van der Waals surface area contributed by atoms with Crippen LogP contribution in [0.15, 0.2) is 24.3 Å². The van der Waals surface area contributed by atoms with Gasteiger partial charge in [-0.1, -0.05) is 52.5 Å². The Hall–Kier alpha value is -0.670. The van der Waals surface area contributed by atoms with E-state index in [0.29, 0.717) is 26.5 Å². The highest BCUT2D eigenvalue weighted by atomic mass is 35.5. The number of hydrogen-bond donors (Lipinski definition) is 0. The molecule has 0 aliphatic rings. The monoisotopic (exact) mass is 321 g/mol. The summed E-state index contributed by atoms with van der Waals surface area (Å²) in [7, 11) is 1.54. The lowest BCUT2D eigenvalue weighted by molar-refractivity contribution is 0.415. The maximum Gasteiger partial charge on any atom is 0.148 e. The predicted octanol–water partition coefficient (Wildman–Crippen LogP) is 5.37. The van der Waals surface area contributed by atoms with Gasteiger partial charge in [0.1, 0.15) is 10.9 Å². The van der Waals surface area contributed by atoms with Crippen LogP contribution in [-0.2, 0) is 0 Å². The summed E-state index contributed by atoms with van der Waals surface area (Å²) in [4.78, 5) is 4.15. The van der Waals surface area contributed by atoms with Crippen molar-refractivity contribution in [3.8, 4) is 17.0 Å². The highest BCUT2D eigenvalue weighted by Crippen LogP contribution is 2.35. The number of benzene rings is 1. The van der Waals surface area contributed by atoms with Crippen molar-refractivity contribution in [2.45, 2.75) is 0 Å². The maximum absolute atomic E-state index is 6.09. The molecule has 0 unspecified atom stereocenters. The molecule has 0 saturated carbocycles. The number of nitrogens with zero attached hydrogens (tertiary/aromatic N) is 1. The molecular formula is C12H7Cl4NO. The van der Waals surface area contributed by atoms with E-state index in [9.17, 15) is 0 Å². The third-order valence-electron chi connectivity index (χ3n) is 2.31. The fraction of sp³-hybridized carbons (Fsp3) is 0.0833. The zero-order valence-electron chi connectivity index (χ0n) is 9.18. The van der Waals surface area contributed by atoms with Crippen molar-refractivity contribution in [3.63, 3.8) is 0 Å². The molecule has 0 bridgehead atoms. The van der Waals surface area contributed by atoms with Gasteiger partial charge in [-0.05, 0) is 18.2 Å². The van der Waals surface area contributed by atoms with Gasteiger partial charge in [-0.2, -0.15) is 0 Å². The second-order valence-electron chi connectivity index (χ2n) is 3.44. The van der Waals surface area contributed by atoms with Gasteiger partial charge in [-0.15, -0.1) is 0 Å². The first-order valence-electron chi connectivity index (χ1n) is 4.88. The number of halogens is 4. The van der Waals surface area contributed by atoms with Crippen LogP contribution >= 0.6 is 46.4 Å². The van der Waals surface area contributed by atoms with Crippen molar-refractivity contribution in [2.75, 3.05) is 7.11 Å². The number of hydrogen-bond acceptors (Lipinski definition) is 2. The fourth-order valence-electron chi connectivity index (χ4n) is 1.45. The molecule has 2 aromatic rings. The average Bonchev–Trinajstić information content (AvgIpc) is 2.35. The van der Waals surface area contributed by atoms with E-state index in [4.69, 9.17) is 51.1 Å². The fourth-order valence-corrected chi connectivity index (χ4v) is 2.26. The smallest absolute Gasteiger partial charge is 0.148 e. The van der Waals surface area contributed by atoms with Crippen molar-refractivity contribution in [1.82, 2.24) is 4.98 Å². The zero-order valence-corrected chi connectivity index (χ0v) is 12.2. The Kier molecular flexibility index (Phi) is 4.23. The molecule has 0 aliphatic heterocycles. The van der Waals surface area contributed by atoms with Crippen LogP contribution in [0.2, 0.25) is 20.2 Å². The minimum absolute atomic E-state index is 0.199. The number of methoxy groups -OCH3 is 1. The van der Waals surface area contributed by atoms with Crippen LogP contribution in [-0.4, -0.2) is 12.1 Å². The summed E-state index contributed by atoms with van der Waals surface area (Å²) in [6.45, 7) is 0. The van der Waals surface area contributed by atoms with Crippen molar-refractivity contribution < 1.29 is 4.74 Å². The van der Waals surface area contributed by atoms with Gasteiger partial charge in [0, 0.05) is 5.56 Å². The summed E-state index contributed by atoms with van der Waals surface area (Å²) in [5.74, 6) is 0.540. The Labute approximate surface area is 124 Å². The first-order valence-corrected chi connectivity index (χ1v) is 6.39. The van der Waals surface area contributed by atoms with Crippen LogP contribution in [0, 0.1) is 0 Å². The highest BCUT2D eigenvalue weighted by Gasteiger charge is 2.12. The predicted molar refractivity (Wildman–Crippen MR) is 76.3 cm³/mol. The molecule has 0 atom stereocenters. The Balaban J connectivity index is 2.58.